The second-order valence-electron chi connectivity index (χ2n) is 9.88. The molecule has 0 aromatic heterocycles. The first-order valence-corrected chi connectivity index (χ1v) is 15.8. The van der Waals surface area contributed by atoms with Gasteiger partial charge in [0.25, 0.3) is 0 Å². The van der Waals surface area contributed by atoms with E-state index in [1.165, 1.54) is 18.4 Å². The van der Waals surface area contributed by atoms with Gasteiger partial charge in [-0.25, -0.2) is 0 Å². The van der Waals surface area contributed by atoms with Crippen LogP contribution < -0.4 is 3.80 Å². The topological polar surface area (TPSA) is 12.0 Å². The molecule has 1 N–H and O–H groups in total. The minimum absolute atomic E-state index is 0.235. The average molecular weight is 375 g/mol. The summed E-state index contributed by atoms with van der Waals surface area (Å²) < 4.78 is 4.84. The number of fused-ring (bicyclic) bond motifs is 2. The van der Waals surface area contributed by atoms with E-state index in [4.69, 9.17) is 0 Å². The molecule has 1 aromatic carbocycles. The number of hydrogen-bond donors (Lipinski definition) is 1. The van der Waals surface area contributed by atoms with Crippen LogP contribution in [0.5, 0.6) is 0 Å². The Labute approximate surface area is 155 Å². The van der Waals surface area contributed by atoms with Gasteiger partial charge in [-0.2, -0.15) is 0 Å². The summed E-state index contributed by atoms with van der Waals surface area (Å²) in [6.45, 7) is 19.3. The normalized spacial score (nSPS) is 21.3. The number of rotatable bonds is 2. The molecule has 1 nitrogen and oxygen atoms in total. The Hall–Kier alpha value is -0.149. The summed E-state index contributed by atoms with van der Waals surface area (Å²) in [5, 5.41) is 0. The van der Waals surface area contributed by atoms with Crippen molar-refractivity contribution in [1.29, 1.82) is 0 Å². The SMILES string of the molecule is CC1=Cc2cc3c(cc2[CH]1[Ti]([NH]C(C)(C)C)=[Si](C)C)CC(C)(C)C3. The Bertz CT molecular complexity index is 746. The molecule has 3 heteroatoms. The van der Waals surface area contributed by atoms with Gasteiger partial charge in [0, 0.05) is 0 Å². The molecule has 24 heavy (non-hydrogen) atoms. The van der Waals surface area contributed by atoms with Crippen molar-refractivity contribution < 1.29 is 16.9 Å². The van der Waals surface area contributed by atoms with Crippen molar-refractivity contribution in [3.05, 3.63) is 40.0 Å². The van der Waals surface area contributed by atoms with Gasteiger partial charge in [-0.1, -0.05) is 0 Å². The van der Waals surface area contributed by atoms with Gasteiger partial charge in [-0.05, 0) is 0 Å². The fourth-order valence-corrected chi connectivity index (χ4v) is 15.4. The van der Waals surface area contributed by atoms with Crippen LogP contribution in [0.15, 0.2) is 17.7 Å². The summed E-state index contributed by atoms with van der Waals surface area (Å²) in [4.78, 5) is 0. The van der Waals surface area contributed by atoms with E-state index in [0.717, 1.165) is 4.22 Å². The summed E-state index contributed by atoms with van der Waals surface area (Å²) in [7, 11) is 0. The van der Waals surface area contributed by atoms with E-state index < -0.39 is 16.9 Å². The molecule has 1 aromatic rings. The van der Waals surface area contributed by atoms with Gasteiger partial charge >= 0.3 is 156 Å². The van der Waals surface area contributed by atoms with E-state index in [0.29, 0.717) is 5.41 Å². The van der Waals surface area contributed by atoms with Crippen LogP contribution >= 0.6 is 0 Å². The molecule has 0 saturated heterocycles. The van der Waals surface area contributed by atoms with Gasteiger partial charge in [-0.3, -0.25) is 0 Å². The third-order valence-corrected chi connectivity index (χ3v) is 16.7. The molecule has 0 saturated carbocycles. The summed E-state index contributed by atoms with van der Waals surface area (Å²) in [6.07, 6.45) is 4.70. The molecule has 0 aliphatic heterocycles. The first-order valence-electron chi connectivity index (χ1n) is 9.26. The van der Waals surface area contributed by atoms with E-state index >= 15 is 0 Å². The van der Waals surface area contributed by atoms with E-state index in [1.54, 1.807) is 22.3 Å². The van der Waals surface area contributed by atoms with Gasteiger partial charge in [0.05, 0.1) is 0 Å². The second kappa shape index (κ2) is 6.23. The zero-order valence-electron chi connectivity index (χ0n) is 16.7. The van der Waals surface area contributed by atoms with Crippen molar-refractivity contribution in [2.75, 3.05) is 0 Å². The maximum atomic E-state index is 4.12. The fraction of sp³-hybridized carbons (Fsp3) is 0.619. The molecule has 2 aliphatic carbocycles. The molecule has 0 amide bonds. The van der Waals surface area contributed by atoms with Crippen molar-refractivity contribution in [1.82, 2.24) is 3.80 Å². The summed E-state index contributed by atoms with van der Waals surface area (Å²) >= 11 is -1.38. The molecular formula is C21H33NSiTi. The van der Waals surface area contributed by atoms with Crippen LogP contribution in [0.25, 0.3) is 6.08 Å². The predicted octanol–water partition coefficient (Wildman–Crippen LogP) is 5.44. The number of allylic oxidation sites excluding steroid dienone is 1. The maximum absolute atomic E-state index is 4.12. The van der Waals surface area contributed by atoms with Crippen LogP contribution in [-0.2, 0) is 29.7 Å². The molecule has 0 bridgehead atoms. The molecule has 1 atom stereocenters. The molecule has 0 fully saturated rings. The molecule has 1 unspecified atom stereocenters. The van der Waals surface area contributed by atoms with Crippen molar-refractivity contribution in [2.45, 2.75) is 77.2 Å². The summed E-state index contributed by atoms with van der Waals surface area (Å²) in [6, 6.07) is 5.12. The minimum atomic E-state index is -1.38. The van der Waals surface area contributed by atoms with Gasteiger partial charge in [0.15, 0.2) is 0 Å². The van der Waals surface area contributed by atoms with Crippen LogP contribution in [-0.4, -0.2) is 11.7 Å². The number of nitrogens with one attached hydrogen (secondary N) is 1. The van der Waals surface area contributed by atoms with E-state index in [-0.39, 0.29) is 11.7 Å². The average Bonchev–Trinajstić information content (AvgIpc) is 2.85. The first-order chi connectivity index (χ1) is 11.0. The number of hydrogen-bond acceptors (Lipinski definition) is 1. The van der Waals surface area contributed by atoms with E-state index in [9.17, 15) is 0 Å². The summed E-state index contributed by atoms with van der Waals surface area (Å²) in [5.41, 5.74) is 8.71. The molecule has 130 valence electrons. The third-order valence-electron chi connectivity index (χ3n) is 5.23. The summed E-state index contributed by atoms with van der Waals surface area (Å²) in [5.74, 6) is 0. The van der Waals surface area contributed by atoms with Crippen LogP contribution in [0.4, 0.5) is 0 Å². The predicted molar refractivity (Wildman–Crippen MR) is 104 cm³/mol. The van der Waals surface area contributed by atoms with Crippen molar-refractivity contribution >= 4 is 12.3 Å². The first kappa shape index (κ1) is 18.6. The molecule has 3 rings (SSSR count). The fourth-order valence-electron chi connectivity index (χ4n) is 4.37. The van der Waals surface area contributed by atoms with E-state index in [1.807, 2.05) is 0 Å². The van der Waals surface area contributed by atoms with Crippen LogP contribution in [0.2, 0.25) is 13.1 Å². The van der Waals surface area contributed by atoms with Crippen LogP contribution in [0.3, 0.4) is 0 Å². The van der Waals surface area contributed by atoms with Gasteiger partial charge in [0.1, 0.15) is 0 Å². The van der Waals surface area contributed by atoms with Crippen LogP contribution in [0.1, 0.15) is 68.0 Å². The van der Waals surface area contributed by atoms with Gasteiger partial charge in [-0.15, -0.1) is 0 Å². The van der Waals surface area contributed by atoms with E-state index in [2.05, 4.69) is 76.6 Å². The molecule has 2 aliphatic rings. The molecule has 0 heterocycles. The Morgan fingerprint density at radius 1 is 1.12 bits per heavy atom. The van der Waals surface area contributed by atoms with Crippen LogP contribution in [0, 0.1) is 5.41 Å². The third kappa shape index (κ3) is 3.67. The zero-order chi connectivity index (χ0) is 17.9. The standard InChI is InChI=1S/C15H17.C4H10N.C2H6Si.Ti/c1-10-4-11-6-13-8-15(2,3)9-14(13)7-12(11)5-10;1-4(2,3)5;1-3-2;/h4-7H,8-9H2,1-3H3;5H,1-3H3;1-2H3;/q;-1;;+1. The molecular weight excluding hydrogens is 342 g/mol. The number of benzene rings is 1. The second-order valence-corrected chi connectivity index (χ2v) is 21.4. The Balaban J connectivity index is 2.06. The Kier molecular flexibility index (Phi) is 4.84. The van der Waals surface area contributed by atoms with Crippen molar-refractivity contribution in [3.63, 3.8) is 0 Å². The Morgan fingerprint density at radius 3 is 2.25 bits per heavy atom. The monoisotopic (exact) mass is 375 g/mol. The van der Waals surface area contributed by atoms with Gasteiger partial charge < -0.3 is 0 Å². The molecule has 0 radical (unpaired) electrons. The zero-order valence-corrected chi connectivity index (χ0v) is 19.3. The van der Waals surface area contributed by atoms with Gasteiger partial charge in [0.2, 0.25) is 0 Å². The quantitative estimate of drug-likeness (QED) is 0.679. The van der Waals surface area contributed by atoms with Crippen molar-refractivity contribution in [2.24, 2.45) is 5.41 Å². The molecule has 0 spiro atoms. The Morgan fingerprint density at radius 2 is 1.71 bits per heavy atom. The van der Waals surface area contributed by atoms with Crippen molar-refractivity contribution in [3.8, 4) is 0 Å².